The lowest BCUT2D eigenvalue weighted by Crippen LogP contribution is -3.16. The number of hydrogen-bond donors (Lipinski definition) is 3. The van der Waals surface area contributed by atoms with Gasteiger partial charge in [-0.3, -0.25) is 9.59 Å². The molecule has 2 aromatic rings. The molecule has 5 nitrogen and oxygen atoms in total. The molecule has 0 radical (unpaired) electrons. The van der Waals surface area contributed by atoms with Gasteiger partial charge in [-0.25, -0.2) is 0 Å². The lowest BCUT2D eigenvalue weighted by atomic mass is 10.00. The summed E-state index contributed by atoms with van der Waals surface area (Å²) >= 11 is 1.47. The molecule has 2 atom stereocenters. The van der Waals surface area contributed by atoms with Gasteiger partial charge in [-0.05, 0) is 61.6 Å². The van der Waals surface area contributed by atoms with Crippen LogP contribution in [0.15, 0.2) is 58.3 Å². The first-order valence-electron chi connectivity index (χ1n) is 11.7. The van der Waals surface area contributed by atoms with Crippen molar-refractivity contribution in [3.05, 3.63) is 64.6 Å². The van der Waals surface area contributed by atoms with E-state index in [2.05, 4.69) is 17.6 Å². The minimum absolute atomic E-state index is 0.0383. The molecule has 1 fully saturated rings. The monoisotopic (exact) mass is 450 g/mol. The minimum atomic E-state index is -0.100. The van der Waals surface area contributed by atoms with Crippen molar-refractivity contribution in [3.8, 4) is 0 Å². The lowest BCUT2D eigenvalue weighted by molar-refractivity contribution is -0.930. The smallest absolute Gasteiger partial charge is 0.262 e. The first kappa shape index (κ1) is 22.6. The van der Waals surface area contributed by atoms with E-state index in [1.54, 1.807) is 4.90 Å². The van der Waals surface area contributed by atoms with Crippen LogP contribution in [0.4, 0.5) is 5.69 Å². The van der Waals surface area contributed by atoms with Crippen LogP contribution in [0, 0.1) is 0 Å². The molecule has 168 valence electrons. The molecule has 0 aromatic heterocycles. The second kappa shape index (κ2) is 10.8. The SMILES string of the molecule is CCC1CCCC[NH+]1CCCNC(=O)c1ccc(C=C2Sc3ccccc3NC2=O)cc1. The van der Waals surface area contributed by atoms with Crippen molar-refractivity contribution < 1.29 is 14.5 Å². The molecule has 2 amide bonds. The third-order valence-corrected chi connectivity index (χ3v) is 7.48. The fraction of sp³-hybridized carbons (Fsp3) is 0.385. The maximum absolute atomic E-state index is 12.5. The zero-order valence-electron chi connectivity index (χ0n) is 18.7. The molecule has 2 unspecified atom stereocenters. The fourth-order valence-corrected chi connectivity index (χ4v) is 5.53. The lowest BCUT2D eigenvalue weighted by Gasteiger charge is -2.32. The molecule has 3 N–H and O–H groups in total. The summed E-state index contributed by atoms with van der Waals surface area (Å²) < 4.78 is 0. The van der Waals surface area contributed by atoms with E-state index in [1.807, 2.05) is 54.6 Å². The van der Waals surface area contributed by atoms with Gasteiger partial charge in [0.25, 0.3) is 11.8 Å². The summed E-state index contributed by atoms with van der Waals surface area (Å²) in [6.45, 7) is 5.40. The van der Waals surface area contributed by atoms with Gasteiger partial charge in [0, 0.05) is 23.4 Å². The van der Waals surface area contributed by atoms with Crippen LogP contribution >= 0.6 is 11.8 Å². The van der Waals surface area contributed by atoms with Crippen molar-refractivity contribution in [1.29, 1.82) is 0 Å². The Labute approximate surface area is 194 Å². The summed E-state index contributed by atoms with van der Waals surface area (Å²) in [5.74, 6) is -0.139. The molecular weight excluding hydrogens is 418 g/mol. The largest absolute Gasteiger partial charge is 0.352 e. The molecule has 2 heterocycles. The van der Waals surface area contributed by atoms with Gasteiger partial charge in [0.05, 0.1) is 29.7 Å². The van der Waals surface area contributed by atoms with Gasteiger partial charge in [-0.2, -0.15) is 0 Å². The number of hydrogen-bond acceptors (Lipinski definition) is 3. The average Bonchev–Trinajstić information content (AvgIpc) is 2.83. The highest BCUT2D eigenvalue weighted by molar-refractivity contribution is 8.04. The Balaban J connectivity index is 1.28. The third kappa shape index (κ3) is 5.61. The zero-order chi connectivity index (χ0) is 22.3. The number of anilines is 1. The van der Waals surface area contributed by atoms with E-state index < -0.39 is 0 Å². The zero-order valence-corrected chi connectivity index (χ0v) is 19.5. The Morgan fingerprint density at radius 2 is 2.00 bits per heavy atom. The first-order chi connectivity index (χ1) is 15.6. The standard InChI is InChI=1S/C26H31N3O2S/c1-2-21-8-5-6-16-29(21)17-7-15-27-25(30)20-13-11-19(12-14-20)18-24-26(31)28-22-9-3-4-10-23(22)32-24/h3-4,9-14,18,21H,2,5-8,15-17H2,1H3,(H,27,30)(H,28,31)/p+1. The van der Waals surface area contributed by atoms with E-state index >= 15 is 0 Å². The number of rotatable bonds is 7. The Morgan fingerprint density at radius 1 is 1.19 bits per heavy atom. The minimum Gasteiger partial charge on any atom is -0.352 e. The van der Waals surface area contributed by atoms with Crippen molar-refractivity contribution in [2.45, 2.75) is 50.0 Å². The van der Waals surface area contributed by atoms with Crippen molar-refractivity contribution in [2.75, 3.05) is 25.0 Å². The number of likely N-dealkylation sites (tertiary alicyclic amines) is 1. The van der Waals surface area contributed by atoms with Gasteiger partial charge >= 0.3 is 0 Å². The van der Waals surface area contributed by atoms with Crippen LogP contribution in [0.3, 0.4) is 0 Å². The molecule has 2 aliphatic rings. The van der Waals surface area contributed by atoms with E-state index in [1.165, 1.54) is 44.0 Å². The highest BCUT2D eigenvalue weighted by atomic mass is 32.2. The molecule has 0 bridgehead atoms. The molecule has 0 saturated carbocycles. The number of quaternary nitrogens is 1. The number of nitrogens with one attached hydrogen (secondary N) is 3. The molecular formula is C26H32N3O2S+. The number of piperidine rings is 1. The molecule has 2 aliphatic heterocycles. The quantitative estimate of drug-likeness (QED) is 0.445. The van der Waals surface area contributed by atoms with E-state index in [0.717, 1.165) is 35.2 Å². The Hall–Kier alpha value is -2.57. The highest BCUT2D eigenvalue weighted by Gasteiger charge is 2.23. The summed E-state index contributed by atoms with van der Waals surface area (Å²) in [6, 6.07) is 16.0. The van der Waals surface area contributed by atoms with E-state index in [0.29, 0.717) is 17.0 Å². The van der Waals surface area contributed by atoms with E-state index in [-0.39, 0.29) is 11.8 Å². The number of carbonyl (C=O) groups is 2. The summed E-state index contributed by atoms with van der Waals surface area (Å²) in [4.78, 5) is 28.3. The van der Waals surface area contributed by atoms with Gasteiger partial charge < -0.3 is 15.5 Å². The van der Waals surface area contributed by atoms with Crippen molar-refractivity contribution in [2.24, 2.45) is 0 Å². The number of benzene rings is 2. The molecule has 0 aliphatic carbocycles. The topological polar surface area (TPSA) is 62.6 Å². The number of carbonyl (C=O) groups excluding carboxylic acids is 2. The van der Waals surface area contributed by atoms with Crippen LogP contribution in [0.1, 0.15) is 54.9 Å². The van der Waals surface area contributed by atoms with Gasteiger partial charge in [0.1, 0.15) is 0 Å². The van der Waals surface area contributed by atoms with Crippen LogP contribution in [-0.2, 0) is 4.79 Å². The predicted octanol–water partition coefficient (Wildman–Crippen LogP) is 3.74. The van der Waals surface area contributed by atoms with Gasteiger partial charge in [0.2, 0.25) is 0 Å². The van der Waals surface area contributed by atoms with Crippen LogP contribution in [0.25, 0.3) is 6.08 Å². The Morgan fingerprint density at radius 3 is 2.81 bits per heavy atom. The average molecular weight is 451 g/mol. The van der Waals surface area contributed by atoms with Crippen molar-refractivity contribution in [3.63, 3.8) is 0 Å². The Kier molecular flexibility index (Phi) is 7.66. The molecule has 1 saturated heterocycles. The predicted molar refractivity (Wildman–Crippen MR) is 131 cm³/mol. The number of fused-ring (bicyclic) bond motifs is 1. The normalized spacial score (nSPS) is 21.7. The third-order valence-electron chi connectivity index (χ3n) is 6.38. The van der Waals surface area contributed by atoms with Gasteiger partial charge in [0.15, 0.2) is 0 Å². The van der Waals surface area contributed by atoms with Crippen molar-refractivity contribution in [1.82, 2.24) is 5.32 Å². The summed E-state index contributed by atoms with van der Waals surface area (Å²) in [7, 11) is 0. The molecule has 0 spiro atoms. The highest BCUT2D eigenvalue weighted by Crippen LogP contribution is 2.38. The molecule has 6 heteroatoms. The van der Waals surface area contributed by atoms with Crippen LogP contribution in [0.2, 0.25) is 0 Å². The maximum Gasteiger partial charge on any atom is 0.262 e. The van der Waals surface area contributed by atoms with Crippen LogP contribution in [-0.4, -0.2) is 37.5 Å². The first-order valence-corrected chi connectivity index (χ1v) is 12.5. The summed E-state index contributed by atoms with van der Waals surface area (Å²) in [5.41, 5.74) is 2.40. The molecule has 4 rings (SSSR count). The summed E-state index contributed by atoms with van der Waals surface area (Å²) in [5, 5.41) is 5.98. The second-order valence-corrected chi connectivity index (χ2v) is 9.64. The van der Waals surface area contributed by atoms with Crippen molar-refractivity contribution >= 4 is 35.3 Å². The number of amides is 2. The Bertz CT molecular complexity index is 987. The van der Waals surface area contributed by atoms with Gasteiger partial charge in [-0.15, -0.1) is 0 Å². The second-order valence-electron chi connectivity index (χ2n) is 8.55. The number of thioether (sulfide) groups is 1. The van der Waals surface area contributed by atoms with Crippen LogP contribution < -0.4 is 15.5 Å². The summed E-state index contributed by atoms with van der Waals surface area (Å²) in [6.07, 6.45) is 8.15. The fourth-order valence-electron chi connectivity index (χ4n) is 4.58. The van der Waals surface area contributed by atoms with Crippen LogP contribution in [0.5, 0.6) is 0 Å². The molecule has 2 aromatic carbocycles. The van der Waals surface area contributed by atoms with E-state index in [4.69, 9.17) is 0 Å². The molecule has 32 heavy (non-hydrogen) atoms. The van der Waals surface area contributed by atoms with Gasteiger partial charge in [-0.1, -0.05) is 43.0 Å². The maximum atomic E-state index is 12.5. The van der Waals surface area contributed by atoms with E-state index in [9.17, 15) is 9.59 Å². The number of para-hydroxylation sites is 1.